The Balaban J connectivity index is 2.43. The van der Waals surface area contributed by atoms with Crippen molar-refractivity contribution in [3.05, 3.63) is 5.82 Å². The molecule has 0 aliphatic rings. The third-order valence-corrected chi connectivity index (χ3v) is 2.00. The van der Waals surface area contributed by atoms with E-state index in [1.807, 2.05) is 13.8 Å². The summed E-state index contributed by atoms with van der Waals surface area (Å²) in [5, 5.41) is 11.7. The lowest BCUT2D eigenvalue weighted by atomic mass is 10.1. The van der Waals surface area contributed by atoms with Gasteiger partial charge in [-0.1, -0.05) is 0 Å². The summed E-state index contributed by atoms with van der Waals surface area (Å²) in [6.45, 7) is 4.57. The number of aryl methyl sites for hydroxylation is 1. The zero-order chi connectivity index (χ0) is 10.6. The Labute approximate surface area is 83.4 Å². The van der Waals surface area contributed by atoms with Crippen LogP contribution in [0.15, 0.2) is 0 Å². The molecule has 0 aromatic carbocycles. The zero-order valence-electron chi connectivity index (χ0n) is 8.84. The van der Waals surface area contributed by atoms with Gasteiger partial charge < -0.3 is 10.5 Å². The number of nitrogens with two attached hydrogens (primary N) is 1. The first-order valence-corrected chi connectivity index (χ1v) is 4.73. The average molecular weight is 199 g/mol. The molecule has 0 saturated carbocycles. The molecule has 2 atom stereocenters. The Morgan fingerprint density at radius 2 is 2.29 bits per heavy atom. The summed E-state index contributed by atoms with van der Waals surface area (Å²) in [5.74, 6) is 0.659. The largest absolute Gasteiger partial charge is 0.377 e. The molecule has 0 spiro atoms. The van der Waals surface area contributed by atoms with Gasteiger partial charge in [0.1, 0.15) is 0 Å². The average Bonchev–Trinajstić information content (AvgIpc) is 2.51. The van der Waals surface area contributed by atoms with Gasteiger partial charge in [-0.2, -0.15) is 4.80 Å². The second-order valence-corrected chi connectivity index (χ2v) is 3.22. The maximum atomic E-state index is 5.90. The van der Waals surface area contributed by atoms with Crippen LogP contribution >= 0.6 is 0 Å². The molecule has 0 aliphatic carbocycles. The van der Waals surface area contributed by atoms with Crippen LogP contribution in [0.25, 0.3) is 0 Å². The van der Waals surface area contributed by atoms with E-state index in [2.05, 4.69) is 15.4 Å². The summed E-state index contributed by atoms with van der Waals surface area (Å²) >= 11 is 0. The van der Waals surface area contributed by atoms with Gasteiger partial charge >= 0.3 is 0 Å². The van der Waals surface area contributed by atoms with E-state index in [9.17, 15) is 0 Å². The summed E-state index contributed by atoms with van der Waals surface area (Å²) in [7, 11) is 1.73. The van der Waals surface area contributed by atoms with Gasteiger partial charge in [-0.25, -0.2) is 0 Å². The molecule has 1 aromatic rings. The van der Waals surface area contributed by atoms with E-state index in [1.54, 1.807) is 7.05 Å². The topological polar surface area (TPSA) is 78.9 Å². The maximum Gasteiger partial charge on any atom is 0.176 e. The second kappa shape index (κ2) is 5.02. The molecule has 6 heteroatoms. The van der Waals surface area contributed by atoms with Crippen molar-refractivity contribution >= 4 is 0 Å². The van der Waals surface area contributed by atoms with Crippen LogP contribution in [0.4, 0.5) is 0 Å². The Morgan fingerprint density at radius 1 is 1.57 bits per heavy atom. The van der Waals surface area contributed by atoms with Gasteiger partial charge in [-0.3, -0.25) is 0 Å². The molecule has 2 N–H and O–H groups in total. The highest BCUT2D eigenvalue weighted by molar-refractivity contribution is 4.85. The Bertz CT molecular complexity index is 274. The van der Waals surface area contributed by atoms with Crippen molar-refractivity contribution in [2.75, 3.05) is 6.61 Å². The van der Waals surface area contributed by atoms with Crippen LogP contribution in [0.3, 0.4) is 0 Å². The molecular formula is C8H17N5O. The van der Waals surface area contributed by atoms with Gasteiger partial charge in [0.2, 0.25) is 0 Å². The van der Waals surface area contributed by atoms with Crippen molar-refractivity contribution in [2.45, 2.75) is 32.4 Å². The lowest BCUT2D eigenvalue weighted by molar-refractivity contribution is 0.0572. The molecular weight excluding hydrogens is 182 g/mol. The highest BCUT2D eigenvalue weighted by atomic mass is 16.5. The van der Waals surface area contributed by atoms with E-state index >= 15 is 0 Å². The fourth-order valence-corrected chi connectivity index (χ4v) is 1.17. The number of hydrogen-bond donors (Lipinski definition) is 1. The molecule has 6 nitrogen and oxygen atoms in total. The molecule has 14 heavy (non-hydrogen) atoms. The summed E-state index contributed by atoms with van der Waals surface area (Å²) in [6.07, 6.45) is 0.610. The van der Waals surface area contributed by atoms with E-state index < -0.39 is 0 Å². The van der Waals surface area contributed by atoms with E-state index in [1.165, 1.54) is 4.80 Å². The van der Waals surface area contributed by atoms with Crippen LogP contribution in [0.5, 0.6) is 0 Å². The molecule has 0 bridgehead atoms. The van der Waals surface area contributed by atoms with Crippen LogP contribution in [0.2, 0.25) is 0 Å². The lowest BCUT2D eigenvalue weighted by Gasteiger charge is -2.17. The Morgan fingerprint density at radius 3 is 2.79 bits per heavy atom. The van der Waals surface area contributed by atoms with Crippen molar-refractivity contribution in [2.24, 2.45) is 12.8 Å². The molecule has 80 valence electrons. The van der Waals surface area contributed by atoms with Crippen LogP contribution in [-0.2, 0) is 18.2 Å². The Hall–Kier alpha value is -1.01. The van der Waals surface area contributed by atoms with Crippen molar-refractivity contribution in [1.29, 1.82) is 0 Å². The van der Waals surface area contributed by atoms with E-state index in [-0.39, 0.29) is 12.1 Å². The van der Waals surface area contributed by atoms with Gasteiger partial charge in [0.25, 0.3) is 0 Å². The van der Waals surface area contributed by atoms with Crippen LogP contribution in [-0.4, -0.2) is 39.0 Å². The van der Waals surface area contributed by atoms with Crippen molar-refractivity contribution in [3.8, 4) is 0 Å². The van der Waals surface area contributed by atoms with Gasteiger partial charge in [0, 0.05) is 19.1 Å². The minimum Gasteiger partial charge on any atom is -0.377 e. The molecule has 2 unspecified atom stereocenters. The van der Waals surface area contributed by atoms with Crippen molar-refractivity contribution in [3.63, 3.8) is 0 Å². The Kier molecular flexibility index (Phi) is 3.97. The molecule has 0 aliphatic heterocycles. The van der Waals surface area contributed by atoms with Gasteiger partial charge in [-0.05, 0) is 19.1 Å². The van der Waals surface area contributed by atoms with Crippen molar-refractivity contribution in [1.82, 2.24) is 20.2 Å². The van der Waals surface area contributed by atoms with Gasteiger partial charge in [-0.15, -0.1) is 10.2 Å². The highest BCUT2D eigenvalue weighted by Crippen LogP contribution is 2.01. The second-order valence-electron chi connectivity index (χ2n) is 3.22. The molecule has 1 aromatic heterocycles. The van der Waals surface area contributed by atoms with Gasteiger partial charge in [0.05, 0.1) is 13.2 Å². The SMILES string of the molecule is CCOC(C)C(N)Cc1nnn(C)n1. The maximum absolute atomic E-state index is 5.90. The molecule has 1 heterocycles. The van der Waals surface area contributed by atoms with Crippen LogP contribution in [0, 0.1) is 0 Å². The number of tetrazole rings is 1. The fraction of sp³-hybridized carbons (Fsp3) is 0.875. The molecule has 0 fully saturated rings. The van der Waals surface area contributed by atoms with Crippen LogP contribution < -0.4 is 5.73 Å². The predicted molar refractivity (Wildman–Crippen MR) is 51.6 cm³/mol. The zero-order valence-corrected chi connectivity index (χ0v) is 8.84. The molecule has 0 radical (unpaired) electrons. The predicted octanol–water partition coefficient (Wildman–Crippen LogP) is -0.495. The summed E-state index contributed by atoms with van der Waals surface area (Å²) < 4.78 is 5.37. The monoisotopic (exact) mass is 199 g/mol. The van der Waals surface area contributed by atoms with Crippen molar-refractivity contribution < 1.29 is 4.74 Å². The first kappa shape index (κ1) is 11.1. The first-order chi connectivity index (χ1) is 6.63. The highest BCUT2D eigenvalue weighted by Gasteiger charge is 2.15. The summed E-state index contributed by atoms with van der Waals surface area (Å²) in [6, 6.07) is -0.0841. The number of nitrogens with zero attached hydrogens (tertiary/aromatic N) is 4. The first-order valence-electron chi connectivity index (χ1n) is 4.73. The quantitative estimate of drug-likeness (QED) is 0.692. The van der Waals surface area contributed by atoms with Crippen LogP contribution in [0.1, 0.15) is 19.7 Å². The summed E-state index contributed by atoms with van der Waals surface area (Å²) in [5.41, 5.74) is 5.90. The molecule has 0 amide bonds. The van der Waals surface area contributed by atoms with Gasteiger partial charge in [0.15, 0.2) is 5.82 Å². The third-order valence-electron chi connectivity index (χ3n) is 2.00. The number of ether oxygens (including phenoxy) is 1. The normalized spacial score (nSPS) is 15.4. The number of hydrogen-bond acceptors (Lipinski definition) is 5. The molecule has 0 saturated heterocycles. The third kappa shape index (κ3) is 3.04. The lowest BCUT2D eigenvalue weighted by Crippen LogP contribution is -2.36. The number of aromatic nitrogens is 4. The van der Waals surface area contributed by atoms with E-state index in [4.69, 9.17) is 10.5 Å². The minimum atomic E-state index is -0.0841. The van der Waals surface area contributed by atoms with E-state index in [0.29, 0.717) is 18.9 Å². The smallest absolute Gasteiger partial charge is 0.176 e. The number of rotatable bonds is 5. The standard InChI is InChI=1S/C8H17N5O/c1-4-14-6(2)7(9)5-8-10-12-13(3)11-8/h6-7H,4-5,9H2,1-3H3. The fourth-order valence-electron chi connectivity index (χ4n) is 1.17. The van der Waals surface area contributed by atoms with E-state index in [0.717, 1.165) is 0 Å². The molecule has 1 rings (SSSR count). The minimum absolute atomic E-state index is 0.0174. The summed E-state index contributed by atoms with van der Waals surface area (Å²) in [4.78, 5) is 1.42.